The van der Waals surface area contributed by atoms with Gasteiger partial charge in [0.1, 0.15) is 29.1 Å². The number of rotatable bonds is 6. The van der Waals surface area contributed by atoms with Gasteiger partial charge in [-0.1, -0.05) is 42.5 Å². The normalized spacial score (nSPS) is 11.6. The van der Waals surface area contributed by atoms with Crippen LogP contribution in [0, 0.1) is 17.1 Å². The number of allylic oxidation sites excluding steroid dienone is 1. The molecule has 0 unspecified atom stereocenters. The van der Waals surface area contributed by atoms with Crippen molar-refractivity contribution >= 4 is 15.9 Å². The maximum atomic E-state index is 13.0. The Hall–Kier alpha value is -3.43. The SMILES string of the molecule is N#C/C(=C/c1cccc(OCc2ccc(F)cc2)c1)S(=O)(=O)c1ccccc1. The van der Waals surface area contributed by atoms with E-state index in [2.05, 4.69) is 0 Å². The molecule has 0 aliphatic carbocycles. The number of hydrogen-bond donors (Lipinski definition) is 0. The van der Waals surface area contributed by atoms with E-state index in [-0.39, 0.29) is 22.2 Å². The van der Waals surface area contributed by atoms with E-state index in [0.29, 0.717) is 11.3 Å². The molecule has 0 bridgehead atoms. The zero-order valence-electron chi connectivity index (χ0n) is 14.7. The number of sulfone groups is 1. The summed E-state index contributed by atoms with van der Waals surface area (Å²) in [5.41, 5.74) is 1.32. The molecule has 3 aromatic rings. The van der Waals surface area contributed by atoms with Crippen LogP contribution < -0.4 is 4.74 Å². The van der Waals surface area contributed by atoms with Crippen LogP contribution in [0.2, 0.25) is 0 Å². The molecule has 0 aliphatic rings. The van der Waals surface area contributed by atoms with Gasteiger partial charge in [0.05, 0.1) is 4.90 Å². The van der Waals surface area contributed by atoms with Crippen molar-refractivity contribution in [3.8, 4) is 11.8 Å². The average molecular weight is 393 g/mol. The second-order valence-electron chi connectivity index (χ2n) is 5.92. The summed E-state index contributed by atoms with van der Waals surface area (Å²) in [6.07, 6.45) is 1.31. The standard InChI is InChI=1S/C22H16FNO3S/c23-19-11-9-17(10-12-19)16-27-20-6-4-5-18(13-20)14-22(15-24)28(25,26)21-7-2-1-3-8-21/h1-14H,16H2/b22-14-. The molecule has 0 saturated carbocycles. The Bertz CT molecular complexity index is 1130. The molecule has 0 saturated heterocycles. The smallest absolute Gasteiger partial charge is 0.216 e. The van der Waals surface area contributed by atoms with E-state index >= 15 is 0 Å². The van der Waals surface area contributed by atoms with E-state index in [1.54, 1.807) is 60.7 Å². The molecule has 140 valence electrons. The molecular weight excluding hydrogens is 377 g/mol. The Labute approximate surface area is 163 Å². The largest absolute Gasteiger partial charge is 0.489 e. The summed E-state index contributed by atoms with van der Waals surface area (Å²) in [6, 6.07) is 22.3. The molecule has 0 aliphatic heterocycles. The van der Waals surface area contributed by atoms with Gasteiger partial charge in [-0.15, -0.1) is 0 Å². The summed E-state index contributed by atoms with van der Waals surface area (Å²) in [7, 11) is -3.90. The predicted octanol–water partition coefficient (Wildman–Crippen LogP) is 4.74. The van der Waals surface area contributed by atoms with Gasteiger partial charge < -0.3 is 4.74 Å². The highest BCUT2D eigenvalue weighted by molar-refractivity contribution is 7.95. The zero-order valence-corrected chi connectivity index (χ0v) is 15.6. The molecular formula is C22H16FNO3S. The lowest BCUT2D eigenvalue weighted by atomic mass is 10.2. The van der Waals surface area contributed by atoms with Crippen molar-refractivity contribution in [3.63, 3.8) is 0 Å². The lowest BCUT2D eigenvalue weighted by Gasteiger charge is -2.07. The maximum Gasteiger partial charge on any atom is 0.216 e. The molecule has 3 aromatic carbocycles. The molecule has 0 amide bonds. The molecule has 28 heavy (non-hydrogen) atoms. The third-order valence-electron chi connectivity index (χ3n) is 3.93. The molecule has 4 nitrogen and oxygen atoms in total. The number of halogens is 1. The summed E-state index contributed by atoms with van der Waals surface area (Å²) in [4.78, 5) is -0.291. The Morgan fingerprint density at radius 3 is 2.39 bits per heavy atom. The summed E-state index contributed by atoms with van der Waals surface area (Å²) < 4.78 is 43.9. The summed E-state index contributed by atoms with van der Waals surface area (Å²) in [5.74, 6) is 0.187. The first-order chi connectivity index (χ1) is 13.5. The van der Waals surface area contributed by atoms with Crippen molar-refractivity contribution in [1.82, 2.24) is 0 Å². The molecule has 0 aromatic heterocycles. The van der Waals surface area contributed by atoms with Gasteiger partial charge in [0, 0.05) is 0 Å². The fourth-order valence-electron chi connectivity index (χ4n) is 2.49. The van der Waals surface area contributed by atoms with Gasteiger partial charge in [0.2, 0.25) is 9.84 Å². The van der Waals surface area contributed by atoms with Crippen molar-refractivity contribution in [2.75, 3.05) is 0 Å². The van der Waals surface area contributed by atoms with Crippen LogP contribution in [-0.4, -0.2) is 8.42 Å². The van der Waals surface area contributed by atoms with Crippen LogP contribution in [0.1, 0.15) is 11.1 Å². The van der Waals surface area contributed by atoms with Crippen molar-refractivity contribution in [3.05, 3.63) is 101 Å². The van der Waals surface area contributed by atoms with E-state index in [0.717, 1.165) is 5.56 Å². The molecule has 0 spiro atoms. The van der Waals surface area contributed by atoms with E-state index in [4.69, 9.17) is 4.74 Å². The van der Waals surface area contributed by atoms with Gasteiger partial charge in [-0.3, -0.25) is 0 Å². The van der Waals surface area contributed by atoms with Gasteiger partial charge in [-0.25, -0.2) is 12.8 Å². The molecule has 0 N–H and O–H groups in total. The highest BCUT2D eigenvalue weighted by Crippen LogP contribution is 2.23. The fraction of sp³-hybridized carbons (Fsp3) is 0.0455. The topological polar surface area (TPSA) is 67.2 Å². The average Bonchev–Trinajstić information content (AvgIpc) is 2.72. The number of nitrogens with zero attached hydrogens (tertiary/aromatic N) is 1. The van der Waals surface area contributed by atoms with E-state index < -0.39 is 9.84 Å². The Balaban J connectivity index is 1.82. The maximum absolute atomic E-state index is 13.0. The minimum absolute atomic E-state index is 0.0616. The van der Waals surface area contributed by atoms with Crippen molar-refractivity contribution in [2.24, 2.45) is 0 Å². The van der Waals surface area contributed by atoms with Crippen LogP contribution in [-0.2, 0) is 16.4 Å². The van der Waals surface area contributed by atoms with Gasteiger partial charge in [-0.05, 0) is 53.6 Å². The lowest BCUT2D eigenvalue weighted by molar-refractivity contribution is 0.306. The van der Waals surface area contributed by atoms with Crippen LogP contribution in [0.15, 0.2) is 88.7 Å². The molecule has 6 heteroatoms. The molecule has 0 atom stereocenters. The molecule has 3 rings (SSSR count). The first-order valence-corrected chi connectivity index (χ1v) is 9.86. The van der Waals surface area contributed by atoms with Gasteiger partial charge in [0.25, 0.3) is 0 Å². The first-order valence-electron chi connectivity index (χ1n) is 8.38. The van der Waals surface area contributed by atoms with Gasteiger partial charge in [-0.2, -0.15) is 5.26 Å². The second kappa shape index (κ2) is 8.51. The van der Waals surface area contributed by atoms with Crippen molar-refractivity contribution < 1.29 is 17.5 Å². The Kier molecular flexibility index (Phi) is 5.87. The van der Waals surface area contributed by atoms with Crippen LogP contribution in [0.5, 0.6) is 5.75 Å². The first kappa shape index (κ1) is 19.3. The summed E-state index contributed by atoms with van der Waals surface area (Å²) in [5, 5.41) is 9.37. The van der Waals surface area contributed by atoms with E-state index in [1.165, 1.54) is 30.3 Å². The van der Waals surface area contributed by atoms with Crippen LogP contribution >= 0.6 is 0 Å². The highest BCUT2D eigenvalue weighted by atomic mass is 32.2. The Morgan fingerprint density at radius 2 is 1.71 bits per heavy atom. The third kappa shape index (κ3) is 4.64. The Morgan fingerprint density at radius 1 is 1.00 bits per heavy atom. The molecule has 0 fully saturated rings. The van der Waals surface area contributed by atoms with Gasteiger partial charge >= 0.3 is 0 Å². The quantitative estimate of drug-likeness (QED) is 0.567. The number of benzene rings is 3. The van der Waals surface area contributed by atoms with Crippen LogP contribution in [0.25, 0.3) is 6.08 Å². The zero-order chi connectivity index (χ0) is 20.0. The van der Waals surface area contributed by atoms with Crippen LogP contribution in [0.3, 0.4) is 0 Å². The minimum atomic E-state index is -3.90. The van der Waals surface area contributed by atoms with Crippen LogP contribution in [0.4, 0.5) is 4.39 Å². The summed E-state index contributed by atoms with van der Waals surface area (Å²) in [6.45, 7) is 0.237. The lowest BCUT2D eigenvalue weighted by Crippen LogP contribution is -2.03. The predicted molar refractivity (Wildman–Crippen MR) is 104 cm³/mol. The minimum Gasteiger partial charge on any atom is -0.489 e. The fourth-order valence-corrected chi connectivity index (χ4v) is 3.67. The summed E-state index contributed by atoms with van der Waals surface area (Å²) >= 11 is 0. The van der Waals surface area contributed by atoms with Crippen molar-refractivity contribution in [2.45, 2.75) is 11.5 Å². The van der Waals surface area contributed by atoms with Gasteiger partial charge in [0.15, 0.2) is 0 Å². The molecule has 0 radical (unpaired) electrons. The number of ether oxygens (including phenoxy) is 1. The van der Waals surface area contributed by atoms with E-state index in [1.807, 2.05) is 0 Å². The molecule has 0 heterocycles. The van der Waals surface area contributed by atoms with E-state index in [9.17, 15) is 18.1 Å². The number of hydrogen-bond acceptors (Lipinski definition) is 4. The number of nitriles is 1. The third-order valence-corrected chi connectivity index (χ3v) is 5.61. The highest BCUT2D eigenvalue weighted by Gasteiger charge is 2.20. The second-order valence-corrected chi connectivity index (χ2v) is 7.84. The monoisotopic (exact) mass is 393 g/mol. The van der Waals surface area contributed by atoms with Crippen molar-refractivity contribution in [1.29, 1.82) is 5.26 Å².